The maximum Gasteiger partial charge on any atom is 0.318 e. The lowest BCUT2D eigenvalue weighted by molar-refractivity contribution is -0.137. The van der Waals surface area contributed by atoms with Crippen molar-refractivity contribution in [2.24, 2.45) is 0 Å². The number of ether oxygens (including phenoxy) is 1. The SMILES string of the molecule is CCCC(CCC)c1ccc(OCc2ccc(-c3ccc(CN(CC(=O)O)S(=O)(=O)c4ccc(Cl)s4)s3)cc2)cc1. The zero-order valence-electron chi connectivity index (χ0n) is 23.1. The molecule has 0 spiro atoms. The Morgan fingerprint density at radius 1 is 0.927 bits per heavy atom. The highest BCUT2D eigenvalue weighted by molar-refractivity contribution is 7.91. The molecule has 2 heterocycles. The summed E-state index contributed by atoms with van der Waals surface area (Å²) in [5.41, 5.74) is 3.41. The number of thiophene rings is 2. The molecule has 0 bridgehead atoms. The lowest BCUT2D eigenvalue weighted by Gasteiger charge is -2.18. The zero-order chi connectivity index (χ0) is 29.4. The Balaban J connectivity index is 1.38. The van der Waals surface area contributed by atoms with Crippen LogP contribution in [0.3, 0.4) is 0 Å². The van der Waals surface area contributed by atoms with Crippen LogP contribution in [-0.2, 0) is 28.0 Å². The van der Waals surface area contributed by atoms with E-state index in [0.717, 1.165) is 42.3 Å². The molecule has 0 unspecified atom stereocenters. The standard InChI is InChI=1S/C31H34ClNO5S3/c1-3-5-23(6-4-2)24-11-13-26(14-12-24)38-21-22-7-9-25(10-8-22)28-16-15-27(39-28)19-33(20-30(34)35)41(36,37)31-18-17-29(32)40-31/h7-18,23H,3-6,19-21H2,1-2H3,(H,34,35). The van der Waals surface area contributed by atoms with Gasteiger partial charge in [0.05, 0.1) is 4.34 Å². The van der Waals surface area contributed by atoms with Crippen LogP contribution in [0.1, 0.15) is 61.5 Å². The second-order valence-corrected chi connectivity index (χ2v) is 14.9. The van der Waals surface area contributed by atoms with Crippen LogP contribution in [0.2, 0.25) is 4.34 Å². The van der Waals surface area contributed by atoms with Crippen molar-refractivity contribution in [3.8, 4) is 16.2 Å². The summed E-state index contributed by atoms with van der Waals surface area (Å²) >= 11 is 8.26. The number of aliphatic carboxylic acids is 1. The first kappa shape index (κ1) is 31.3. The van der Waals surface area contributed by atoms with E-state index in [-0.39, 0.29) is 10.8 Å². The molecule has 218 valence electrons. The third-order valence-electron chi connectivity index (χ3n) is 6.72. The van der Waals surface area contributed by atoms with E-state index in [4.69, 9.17) is 16.3 Å². The number of nitrogens with zero attached hydrogens (tertiary/aromatic N) is 1. The van der Waals surface area contributed by atoms with Gasteiger partial charge >= 0.3 is 5.97 Å². The molecule has 0 atom stereocenters. The van der Waals surface area contributed by atoms with Gasteiger partial charge in [0.25, 0.3) is 10.0 Å². The highest BCUT2D eigenvalue weighted by atomic mass is 35.5. The Morgan fingerprint density at radius 2 is 1.61 bits per heavy atom. The van der Waals surface area contributed by atoms with E-state index >= 15 is 0 Å². The fourth-order valence-electron chi connectivity index (χ4n) is 4.67. The first-order valence-electron chi connectivity index (χ1n) is 13.6. The fourth-order valence-corrected chi connectivity index (χ4v) is 8.79. The van der Waals surface area contributed by atoms with E-state index in [0.29, 0.717) is 16.9 Å². The molecule has 6 nitrogen and oxygen atoms in total. The van der Waals surface area contributed by atoms with Gasteiger partial charge in [-0.15, -0.1) is 22.7 Å². The van der Waals surface area contributed by atoms with Crippen molar-refractivity contribution in [1.29, 1.82) is 0 Å². The molecule has 10 heteroatoms. The van der Waals surface area contributed by atoms with Crippen LogP contribution in [0.5, 0.6) is 5.75 Å². The van der Waals surface area contributed by atoms with Crippen molar-refractivity contribution in [3.05, 3.63) is 93.1 Å². The predicted octanol–water partition coefficient (Wildman–Crippen LogP) is 8.67. The van der Waals surface area contributed by atoms with E-state index in [9.17, 15) is 18.3 Å². The Kier molecular flexibility index (Phi) is 11.0. The molecule has 0 saturated carbocycles. The molecule has 2 aromatic heterocycles. The van der Waals surface area contributed by atoms with Crippen LogP contribution in [0.15, 0.2) is 77.0 Å². The van der Waals surface area contributed by atoms with Gasteiger partial charge in [-0.25, -0.2) is 8.42 Å². The normalized spacial score (nSPS) is 11.8. The average Bonchev–Trinajstić information content (AvgIpc) is 3.61. The summed E-state index contributed by atoms with van der Waals surface area (Å²) in [4.78, 5) is 13.1. The Morgan fingerprint density at radius 3 is 2.20 bits per heavy atom. The molecule has 0 saturated heterocycles. The van der Waals surface area contributed by atoms with Gasteiger partial charge in [-0.2, -0.15) is 4.31 Å². The van der Waals surface area contributed by atoms with Crippen molar-refractivity contribution in [1.82, 2.24) is 4.31 Å². The maximum atomic E-state index is 13.1. The minimum atomic E-state index is -4.00. The van der Waals surface area contributed by atoms with Crippen LogP contribution >= 0.6 is 34.3 Å². The van der Waals surface area contributed by atoms with Crippen molar-refractivity contribution < 1.29 is 23.1 Å². The van der Waals surface area contributed by atoms with Gasteiger partial charge in [0.2, 0.25) is 0 Å². The van der Waals surface area contributed by atoms with Crippen LogP contribution in [0, 0.1) is 0 Å². The van der Waals surface area contributed by atoms with E-state index in [1.165, 1.54) is 54.7 Å². The smallest absolute Gasteiger partial charge is 0.318 e. The highest BCUT2D eigenvalue weighted by Gasteiger charge is 2.29. The molecular weight excluding hydrogens is 598 g/mol. The van der Waals surface area contributed by atoms with Crippen LogP contribution in [-0.4, -0.2) is 30.3 Å². The summed E-state index contributed by atoms with van der Waals surface area (Å²) in [6.07, 6.45) is 4.77. The van der Waals surface area contributed by atoms with Crippen molar-refractivity contribution in [2.75, 3.05) is 6.54 Å². The monoisotopic (exact) mass is 631 g/mol. The second kappa shape index (κ2) is 14.5. The summed E-state index contributed by atoms with van der Waals surface area (Å²) in [6.45, 7) is 4.24. The lowest BCUT2D eigenvalue weighted by atomic mass is 9.90. The number of hydrogen-bond acceptors (Lipinski definition) is 6. The molecule has 0 aliphatic rings. The number of halogens is 1. The molecule has 4 rings (SSSR count). The molecule has 2 aromatic carbocycles. The van der Waals surface area contributed by atoms with E-state index in [2.05, 4.69) is 38.1 Å². The summed E-state index contributed by atoms with van der Waals surface area (Å²) in [5.74, 6) is 0.228. The summed E-state index contributed by atoms with van der Waals surface area (Å²) in [7, 11) is -4.00. The summed E-state index contributed by atoms with van der Waals surface area (Å²) in [5, 5.41) is 9.34. The largest absolute Gasteiger partial charge is 0.489 e. The third-order valence-corrected chi connectivity index (χ3v) is 11.3. The first-order chi connectivity index (χ1) is 19.7. The van der Waals surface area contributed by atoms with Crippen LogP contribution in [0.25, 0.3) is 10.4 Å². The minimum absolute atomic E-state index is 0.0199. The fraction of sp³-hybridized carbons (Fsp3) is 0.323. The molecular formula is C31H34ClNO5S3. The second-order valence-electron chi connectivity index (χ2n) is 9.82. The van der Waals surface area contributed by atoms with Gasteiger partial charge in [-0.1, -0.05) is 74.7 Å². The van der Waals surface area contributed by atoms with Crippen LogP contribution < -0.4 is 4.74 Å². The molecule has 0 radical (unpaired) electrons. The van der Waals surface area contributed by atoms with Crippen molar-refractivity contribution >= 4 is 50.3 Å². The van der Waals surface area contributed by atoms with Crippen LogP contribution in [0.4, 0.5) is 0 Å². The molecule has 4 aromatic rings. The lowest BCUT2D eigenvalue weighted by Crippen LogP contribution is -2.34. The first-order valence-corrected chi connectivity index (χ1v) is 17.0. The Hall–Kier alpha value is -2.69. The van der Waals surface area contributed by atoms with E-state index in [1.807, 2.05) is 36.4 Å². The summed E-state index contributed by atoms with van der Waals surface area (Å²) < 4.78 is 33.5. The Labute approximate surface area is 255 Å². The minimum Gasteiger partial charge on any atom is -0.489 e. The molecule has 0 fully saturated rings. The highest BCUT2D eigenvalue weighted by Crippen LogP contribution is 2.33. The number of sulfonamides is 1. The Bertz CT molecular complexity index is 1520. The molecule has 41 heavy (non-hydrogen) atoms. The van der Waals surface area contributed by atoms with Gasteiger partial charge < -0.3 is 9.84 Å². The van der Waals surface area contributed by atoms with Crippen molar-refractivity contribution in [3.63, 3.8) is 0 Å². The maximum absolute atomic E-state index is 13.1. The number of carbonyl (C=O) groups is 1. The predicted molar refractivity (Wildman–Crippen MR) is 168 cm³/mol. The van der Waals surface area contributed by atoms with Crippen molar-refractivity contribution in [2.45, 2.75) is 62.8 Å². The quantitative estimate of drug-likeness (QED) is 0.142. The van der Waals surface area contributed by atoms with Gasteiger partial charge in [0.15, 0.2) is 0 Å². The number of rotatable bonds is 15. The third kappa shape index (κ3) is 8.42. The topological polar surface area (TPSA) is 83.9 Å². The van der Waals surface area contributed by atoms with Gasteiger partial charge in [0.1, 0.15) is 23.1 Å². The molecule has 1 N–H and O–H groups in total. The number of hydrogen-bond donors (Lipinski definition) is 1. The van der Waals surface area contributed by atoms with Gasteiger partial charge in [0, 0.05) is 16.3 Å². The van der Waals surface area contributed by atoms with Gasteiger partial charge in [-0.05, 0) is 71.8 Å². The number of carboxylic acids is 1. The van der Waals surface area contributed by atoms with E-state index in [1.54, 1.807) is 0 Å². The summed E-state index contributed by atoms with van der Waals surface area (Å²) in [6, 6.07) is 23.2. The number of carboxylic acid groups (broad SMARTS) is 1. The molecule has 0 aliphatic carbocycles. The molecule has 0 amide bonds. The molecule has 0 aliphatic heterocycles. The van der Waals surface area contributed by atoms with E-state index < -0.39 is 22.5 Å². The zero-order valence-corrected chi connectivity index (χ0v) is 26.3. The average molecular weight is 632 g/mol. The van der Waals surface area contributed by atoms with Gasteiger partial charge in [-0.3, -0.25) is 4.79 Å². The number of benzene rings is 2.